The summed E-state index contributed by atoms with van der Waals surface area (Å²) in [5.74, 6) is 1.12. The summed E-state index contributed by atoms with van der Waals surface area (Å²) in [7, 11) is 0. The molecule has 2 aromatic heterocycles. The maximum atomic E-state index is 13.2. The van der Waals surface area contributed by atoms with E-state index in [0.717, 1.165) is 22.6 Å². The van der Waals surface area contributed by atoms with Gasteiger partial charge in [-0.2, -0.15) is 0 Å². The molecule has 0 amide bonds. The molecule has 2 heterocycles. The van der Waals surface area contributed by atoms with Crippen LogP contribution in [-0.2, 0) is 17.8 Å². The van der Waals surface area contributed by atoms with E-state index in [1.54, 1.807) is 41.0 Å². The lowest BCUT2D eigenvalue weighted by Gasteiger charge is -2.09. The molecule has 0 radical (unpaired) electrons. The second-order valence-corrected chi connectivity index (χ2v) is 7.17. The van der Waals surface area contributed by atoms with Crippen LogP contribution < -0.4 is 4.74 Å². The van der Waals surface area contributed by atoms with Crippen molar-refractivity contribution in [3.8, 4) is 5.75 Å². The predicted octanol–water partition coefficient (Wildman–Crippen LogP) is 4.75. The van der Waals surface area contributed by atoms with Crippen LogP contribution >= 0.6 is 0 Å². The van der Waals surface area contributed by atoms with Crippen molar-refractivity contribution in [2.24, 2.45) is 0 Å². The Labute approximate surface area is 173 Å². The van der Waals surface area contributed by atoms with E-state index in [4.69, 9.17) is 14.3 Å². The zero-order valence-corrected chi connectivity index (χ0v) is 16.7. The number of benzene rings is 2. The number of carbonyl (C=O) groups is 2. The second kappa shape index (κ2) is 7.91. The van der Waals surface area contributed by atoms with Crippen molar-refractivity contribution in [3.63, 3.8) is 0 Å². The van der Waals surface area contributed by atoms with Crippen LogP contribution in [0.3, 0.4) is 0 Å². The number of aromatic nitrogens is 1. The van der Waals surface area contributed by atoms with Gasteiger partial charge in [0.2, 0.25) is 0 Å². The maximum absolute atomic E-state index is 13.2. The van der Waals surface area contributed by atoms with Gasteiger partial charge in [-0.3, -0.25) is 14.2 Å². The molecule has 2 aromatic carbocycles. The van der Waals surface area contributed by atoms with Crippen LogP contribution in [0.2, 0.25) is 0 Å². The first-order chi connectivity index (χ1) is 14.4. The Morgan fingerprint density at radius 3 is 2.47 bits per heavy atom. The van der Waals surface area contributed by atoms with Gasteiger partial charge in [-0.05, 0) is 67.9 Å². The normalized spacial score (nSPS) is 11.0. The van der Waals surface area contributed by atoms with E-state index in [-0.39, 0.29) is 12.3 Å². The predicted molar refractivity (Wildman–Crippen MR) is 112 cm³/mol. The molecule has 30 heavy (non-hydrogen) atoms. The van der Waals surface area contributed by atoms with E-state index in [1.807, 2.05) is 38.1 Å². The van der Waals surface area contributed by atoms with Gasteiger partial charge < -0.3 is 14.3 Å². The summed E-state index contributed by atoms with van der Waals surface area (Å²) in [6.45, 7) is 4.03. The Morgan fingerprint density at radius 2 is 1.80 bits per heavy atom. The standard InChI is InChI=1S/C24H21NO5/c1-15-12-21-18(13-23(26)27)4-3-5-22(21)25(15)24(28)17-7-10-19(11-8-17)29-14-20-9-6-16(2)30-20/h3-12H,13-14H2,1-2H3,(H,26,27). The largest absolute Gasteiger partial charge is 0.486 e. The molecule has 1 N–H and O–H groups in total. The van der Waals surface area contributed by atoms with Crippen molar-refractivity contribution < 1.29 is 23.8 Å². The van der Waals surface area contributed by atoms with E-state index in [9.17, 15) is 9.59 Å². The molecule has 0 aliphatic carbocycles. The number of aliphatic carboxylic acids is 1. The Bertz CT molecular complexity index is 1230. The topological polar surface area (TPSA) is 81.7 Å². The number of carbonyl (C=O) groups excluding carboxylic acids is 1. The van der Waals surface area contributed by atoms with Gasteiger partial charge in [-0.15, -0.1) is 0 Å². The van der Waals surface area contributed by atoms with E-state index in [2.05, 4.69) is 0 Å². The van der Waals surface area contributed by atoms with Gasteiger partial charge in [0.25, 0.3) is 5.91 Å². The zero-order chi connectivity index (χ0) is 21.3. The molecule has 0 aliphatic heterocycles. The lowest BCUT2D eigenvalue weighted by Crippen LogP contribution is -2.13. The molecule has 6 heteroatoms. The number of carboxylic acids is 1. The molecular formula is C24H21NO5. The fourth-order valence-corrected chi connectivity index (χ4v) is 3.55. The molecular weight excluding hydrogens is 382 g/mol. The van der Waals surface area contributed by atoms with E-state index in [1.165, 1.54) is 0 Å². The third-order valence-corrected chi connectivity index (χ3v) is 4.94. The molecule has 4 rings (SSSR count). The van der Waals surface area contributed by atoms with Gasteiger partial charge in [0.15, 0.2) is 0 Å². The Balaban J connectivity index is 1.57. The number of hydrogen-bond acceptors (Lipinski definition) is 4. The molecule has 152 valence electrons. The number of fused-ring (bicyclic) bond motifs is 1. The molecule has 6 nitrogen and oxygen atoms in total. The SMILES string of the molecule is Cc1ccc(COc2ccc(C(=O)n3c(C)cc4c(CC(=O)O)cccc43)cc2)o1. The first-order valence-electron chi connectivity index (χ1n) is 9.57. The quantitative estimate of drug-likeness (QED) is 0.503. The van der Waals surface area contributed by atoms with Crippen LogP contribution in [0, 0.1) is 13.8 Å². The molecule has 4 aromatic rings. The van der Waals surface area contributed by atoms with Crippen LogP contribution in [-0.4, -0.2) is 21.6 Å². The monoisotopic (exact) mass is 403 g/mol. The number of rotatable bonds is 6. The van der Waals surface area contributed by atoms with Crippen LogP contribution in [0.5, 0.6) is 5.75 Å². The van der Waals surface area contributed by atoms with E-state index in [0.29, 0.717) is 29.0 Å². The minimum Gasteiger partial charge on any atom is -0.486 e. The first-order valence-corrected chi connectivity index (χ1v) is 9.57. The van der Waals surface area contributed by atoms with Crippen LogP contribution in [0.25, 0.3) is 10.9 Å². The minimum atomic E-state index is -0.903. The van der Waals surface area contributed by atoms with Gasteiger partial charge in [0.05, 0.1) is 11.9 Å². The highest BCUT2D eigenvalue weighted by molar-refractivity contribution is 6.04. The third-order valence-electron chi connectivity index (χ3n) is 4.94. The molecule has 0 spiro atoms. The van der Waals surface area contributed by atoms with Gasteiger partial charge in [-0.1, -0.05) is 12.1 Å². The lowest BCUT2D eigenvalue weighted by atomic mass is 10.1. The average molecular weight is 403 g/mol. The second-order valence-electron chi connectivity index (χ2n) is 7.17. The summed E-state index contributed by atoms with van der Waals surface area (Å²) in [5.41, 5.74) is 2.65. The Hall–Kier alpha value is -3.80. The van der Waals surface area contributed by atoms with E-state index >= 15 is 0 Å². The van der Waals surface area contributed by atoms with Crippen molar-refractivity contribution in [1.82, 2.24) is 4.57 Å². The van der Waals surface area contributed by atoms with Gasteiger partial charge in [0, 0.05) is 16.6 Å². The Kier molecular flexibility index (Phi) is 5.14. The fourth-order valence-electron chi connectivity index (χ4n) is 3.55. The molecule has 0 aliphatic rings. The molecule has 0 unspecified atom stereocenters. The molecule has 0 saturated heterocycles. The third kappa shape index (κ3) is 3.85. The molecule has 0 bridgehead atoms. The maximum Gasteiger partial charge on any atom is 0.307 e. The smallest absolute Gasteiger partial charge is 0.307 e. The summed E-state index contributed by atoms with van der Waals surface area (Å²) in [6, 6.07) is 17.9. The van der Waals surface area contributed by atoms with Crippen LogP contribution in [0.4, 0.5) is 0 Å². The van der Waals surface area contributed by atoms with Crippen LogP contribution in [0.1, 0.15) is 33.1 Å². The Morgan fingerprint density at radius 1 is 1.03 bits per heavy atom. The number of aryl methyl sites for hydroxylation is 2. The van der Waals surface area contributed by atoms with Crippen molar-refractivity contribution in [2.75, 3.05) is 0 Å². The average Bonchev–Trinajstić information content (AvgIpc) is 3.28. The van der Waals surface area contributed by atoms with Crippen molar-refractivity contribution >= 4 is 22.8 Å². The van der Waals surface area contributed by atoms with E-state index < -0.39 is 5.97 Å². The van der Waals surface area contributed by atoms with Gasteiger partial charge in [0.1, 0.15) is 23.9 Å². The van der Waals surface area contributed by atoms with Gasteiger partial charge >= 0.3 is 5.97 Å². The molecule has 0 fully saturated rings. The summed E-state index contributed by atoms with van der Waals surface area (Å²) < 4.78 is 12.8. The summed E-state index contributed by atoms with van der Waals surface area (Å²) in [6.07, 6.45) is -0.0871. The number of hydrogen-bond donors (Lipinski definition) is 1. The fraction of sp³-hybridized carbons (Fsp3) is 0.167. The number of carboxylic acid groups (broad SMARTS) is 1. The summed E-state index contributed by atoms with van der Waals surface area (Å²) in [5, 5.41) is 9.92. The lowest BCUT2D eigenvalue weighted by molar-refractivity contribution is -0.136. The van der Waals surface area contributed by atoms with Crippen LogP contribution in [0.15, 0.2) is 65.1 Å². The van der Waals surface area contributed by atoms with Crippen molar-refractivity contribution in [3.05, 3.63) is 89.0 Å². The molecule has 0 atom stereocenters. The first kappa shape index (κ1) is 19.5. The number of furan rings is 1. The highest BCUT2D eigenvalue weighted by Crippen LogP contribution is 2.25. The number of ether oxygens (including phenoxy) is 1. The highest BCUT2D eigenvalue weighted by atomic mass is 16.5. The summed E-state index contributed by atoms with van der Waals surface area (Å²) >= 11 is 0. The minimum absolute atomic E-state index is 0.0871. The zero-order valence-electron chi connectivity index (χ0n) is 16.7. The van der Waals surface area contributed by atoms with Gasteiger partial charge in [-0.25, -0.2) is 0 Å². The summed E-state index contributed by atoms with van der Waals surface area (Å²) in [4.78, 5) is 24.3. The van der Waals surface area contributed by atoms with Crippen molar-refractivity contribution in [2.45, 2.75) is 26.9 Å². The number of nitrogens with zero attached hydrogens (tertiary/aromatic N) is 1. The molecule has 0 saturated carbocycles. The highest BCUT2D eigenvalue weighted by Gasteiger charge is 2.17. The van der Waals surface area contributed by atoms with Crippen molar-refractivity contribution in [1.29, 1.82) is 0 Å².